The van der Waals surface area contributed by atoms with Gasteiger partial charge in [-0.2, -0.15) is 0 Å². The molecule has 2 amide bonds. The number of carbonyl (C=O) groups excluding carboxylic acids is 2. The molecule has 0 aromatic heterocycles. The topological polar surface area (TPSA) is 79.9 Å². The minimum atomic E-state index is -0.284. The van der Waals surface area contributed by atoms with Crippen molar-refractivity contribution in [1.82, 2.24) is 4.90 Å². The molecule has 1 aliphatic rings. The number of hydrogen-bond donors (Lipinski definition) is 2. The summed E-state index contributed by atoms with van der Waals surface area (Å²) in [5, 5.41) is 5.62. The van der Waals surface area contributed by atoms with Crippen LogP contribution in [0, 0.1) is 0 Å². The molecule has 1 unspecified atom stereocenters. The third kappa shape index (κ3) is 5.72. The van der Waals surface area contributed by atoms with E-state index in [1.165, 1.54) is 27.1 Å². The van der Waals surface area contributed by atoms with Crippen LogP contribution < -0.4 is 15.4 Å². The Morgan fingerprint density at radius 1 is 1.20 bits per heavy atom. The Labute approximate surface area is 148 Å². The second-order valence-electron chi connectivity index (χ2n) is 6.28. The number of nitrogens with zero attached hydrogens (tertiary/aromatic N) is 1. The maximum Gasteiger partial charge on any atom is 0.250 e. The van der Waals surface area contributed by atoms with Crippen LogP contribution in [0.1, 0.15) is 25.7 Å². The Balaban J connectivity index is 2.00. The van der Waals surface area contributed by atoms with Crippen molar-refractivity contribution in [2.45, 2.75) is 31.7 Å². The number of amides is 2. The van der Waals surface area contributed by atoms with E-state index in [4.69, 9.17) is 9.47 Å². The summed E-state index contributed by atoms with van der Waals surface area (Å²) in [5.41, 5.74) is 1.12. The molecule has 25 heavy (non-hydrogen) atoms. The Bertz CT molecular complexity index is 606. The van der Waals surface area contributed by atoms with Crippen LogP contribution in [0.2, 0.25) is 0 Å². The van der Waals surface area contributed by atoms with E-state index in [0.717, 1.165) is 13.0 Å². The van der Waals surface area contributed by atoms with Gasteiger partial charge >= 0.3 is 0 Å². The number of carbonyl (C=O) groups is 2. The van der Waals surface area contributed by atoms with Gasteiger partial charge < -0.3 is 25.0 Å². The number of benzene rings is 1. The number of piperidine rings is 1. The van der Waals surface area contributed by atoms with Crippen molar-refractivity contribution >= 4 is 23.2 Å². The molecule has 0 saturated carbocycles. The highest BCUT2D eigenvalue weighted by atomic mass is 16.5. The molecular formula is C18H27N3O4. The van der Waals surface area contributed by atoms with Gasteiger partial charge in [0.2, 0.25) is 11.8 Å². The van der Waals surface area contributed by atoms with Crippen LogP contribution in [-0.2, 0) is 14.3 Å². The van der Waals surface area contributed by atoms with Crippen molar-refractivity contribution in [1.29, 1.82) is 0 Å². The molecule has 0 radical (unpaired) electrons. The summed E-state index contributed by atoms with van der Waals surface area (Å²) in [6.07, 6.45) is 3.87. The van der Waals surface area contributed by atoms with Gasteiger partial charge in [0.25, 0.3) is 0 Å². The van der Waals surface area contributed by atoms with Crippen LogP contribution in [0.15, 0.2) is 18.2 Å². The second kappa shape index (κ2) is 9.39. The first-order valence-corrected chi connectivity index (χ1v) is 8.50. The van der Waals surface area contributed by atoms with E-state index in [9.17, 15) is 9.59 Å². The van der Waals surface area contributed by atoms with E-state index in [2.05, 4.69) is 22.6 Å². The van der Waals surface area contributed by atoms with Crippen LogP contribution in [0.3, 0.4) is 0 Å². The largest absolute Gasteiger partial charge is 0.495 e. The quantitative estimate of drug-likeness (QED) is 0.788. The van der Waals surface area contributed by atoms with Gasteiger partial charge in [-0.3, -0.25) is 9.59 Å². The molecule has 2 rings (SSSR count). The third-order valence-electron chi connectivity index (χ3n) is 4.38. The lowest BCUT2D eigenvalue weighted by molar-refractivity contribution is -0.119. The highest BCUT2D eigenvalue weighted by molar-refractivity contribution is 5.96. The summed E-state index contributed by atoms with van der Waals surface area (Å²) in [7, 11) is 5.04. The number of ether oxygens (including phenoxy) is 2. The Morgan fingerprint density at radius 2 is 2.00 bits per heavy atom. The van der Waals surface area contributed by atoms with E-state index in [1.54, 1.807) is 18.2 Å². The second-order valence-corrected chi connectivity index (χ2v) is 6.28. The fourth-order valence-electron chi connectivity index (χ4n) is 3.03. The van der Waals surface area contributed by atoms with Crippen molar-refractivity contribution in [3.8, 4) is 5.75 Å². The van der Waals surface area contributed by atoms with E-state index in [-0.39, 0.29) is 24.5 Å². The molecule has 7 nitrogen and oxygen atoms in total. The lowest BCUT2D eigenvalue weighted by Gasteiger charge is -2.31. The third-order valence-corrected chi connectivity index (χ3v) is 4.38. The highest BCUT2D eigenvalue weighted by Gasteiger charge is 2.21. The SMILES string of the molecule is COCC(=O)Nc1cc(NC(=O)CC2CCCCN2C)ccc1OC. The summed E-state index contributed by atoms with van der Waals surface area (Å²) >= 11 is 0. The van der Waals surface area contributed by atoms with Gasteiger partial charge in [0.1, 0.15) is 12.4 Å². The lowest BCUT2D eigenvalue weighted by atomic mass is 10.00. The number of methoxy groups -OCH3 is 2. The zero-order valence-electron chi connectivity index (χ0n) is 15.1. The predicted molar refractivity (Wildman–Crippen MR) is 97.0 cm³/mol. The molecule has 0 spiro atoms. The fourth-order valence-corrected chi connectivity index (χ4v) is 3.03. The van der Waals surface area contributed by atoms with E-state index < -0.39 is 0 Å². The van der Waals surface area contributed by atoms with E-state index in [1.807, 2.05) is 0 Å². The monoisotopic (exact) mass is 349 g/mol. The van der Waals surface area contributed by atoms with Crippen molar-refractivity contribution < 1.29 is 19.1 Å². The molecule has 1 atom stereocenters. The van der Waals surface area contributed by atoms with Crippen LogP contribution in [0.5, 0.6) is 5.75 Å². The van der Waals surface area contributed by atoms with Crippen LogP contribution in [0.25, 0.3) is 0 Å². The Kier molecular flexibility index (Phi) is 7.21. The predicted octanol–water partition coefficient (Wildman–Crippen LogP) is 2.09. The molecule has 2 N–H and O–H groups in total. The molecule has 138 valence electrons. The number of hydrogen-bond acceptors (Lipinski definition) is 5. The molecular weight excluding hydrogens is 322 g/mol. The first-order chi connectivity index (χ1) is 12.0. The van der Waals surface area contributed by atoms with Gasteiger partial charge in [0.05, 0.1) is 12.8 Å². The molecule has 1 aliphatic heterocycles. The Hall–Kier alpha value is -2.12. The van der Waals surface area contributed by atoms with Crippen molar-refractivity contribution in [3.63, 3.8) is 0 Å². The Morgan fingerprint density at radius 3 is 2.68 bits per heavy atom. The summed E-state index contributed by atoms with van der Waals surface area (Å²) in [6.45, 7) is 0.990. The lowest BCUT2D eigenvalue weighted by Crippen LogP contribution is -2.38. The summed E-state index contributed by atoms with van der Waals surface area (Å²) in [6, 6.07) is 5.44. The van der Waals surface area contributed by atoms with Gasteiger partial charge in [-0.05, 0) is 44.6 Å². The number of anilines is 2. The number of likely N-dealkylation sites (tertiary alicyclic amines) is 1. The molecule has 0 bridgehead atoms. The average molecular weight is 349 g/mol. The van der Waals surface area contributed by atoms with Gasteiger partial charge in [-0.1, -0.05) is 6.42 Å². The number of nitrogens with one attached hydrogen (secondary N) is 2. The zero-order chi connectivity index (χ0) is 18.2. The summed E-state index contributed by atoms with van der Waals surface area (Å²) in [5.74, 6) is 0.209. The maximum absolute atomic E-state index is 12.3. The fraction of sp³-hybridized carbons (Fsp3) is 0.556. The van der Waals surface area contributed by atoms with Crippen molar-refractivity contribution in [3.05, 3.63) is 18.2 Å². The molecule has 0 aliphatic carbocycles. The van der Waals surface area contributed by atoms with E-state index >= 15 is 0 Å². The number of rotatable bonds is 7. The van der Waals surface area contributed by atoms with Crippen LogP contribution >= 0.6 is 0 Å². The van der Waals surface area contributed by atoms with Crippen LogP contribution in [-0.4, -0.2) is 57.2 Å². The van der Waals surface area contributed by atoms with Crippen LogP contribution in [0.4, 0.5) is 11.4 Å². The molecule has 1 aromatic carbocycles. The first kappa shape index (κ1) is 19.2. The molecule has 7 heteroatoms. The van der Waals surface area contributed by atoms with Gasteiger partial charge in [-0.25, -0.2) is 0 Å². The first-order valence-electron chi connectivity index (χ1n) is 8.50. The summed E-state index contributed by atoms with van der Waals surface area (Å²) < 4.78 is 10.1. The smallest absolute Gasteiger partial charge is 0.250 e. The zero-order valence-corrected chi connectivity index (χ0v) is 15.1. The molecule has 1 aromatic rings. The van der Waals surface area contributed by atoms with Crippen molar-refractivity contribution in [2.75, 3.05) is 45.1 Å². The maximum atomic E-state index is 12.3. The molecule has 1 heterocycles. The van der Waals surface area contributed by atoms with E-state index in [0.29, 0.717) is 23.5 Å². The summed E-state index contributed by atoms with van der Waals surface area (Å²) in [4.78, 5) is 26.3. The van der Waals surface area contributed by atoms with Gasteiger partial charge in [0, 0.05) is 25.3 Å². The minimum absolute atomic E-state index is 0.0296. The standard InChI is InChI=1S/C18H27N3O4/c1-21-9-5-4-6-14(21)11-17(22)19-13-7-8-16(25-3)15(10-13)20-18(23)12-24-2/h7-8,10,14H,4-6,9,11-12H2,1-3H3,(H,19,22)(H,20,23). The average Bonchev–Trinajstić information content (AvgIpc) is 2.57. The van der Waals surface area contributed by atoms with Gasteiger partial charge in [-0.15, -0.1) is 0 Å². The minimum Gasteiger partial charge on any atom is -0.495 e. The van der Waals surface area contributed by atoms with Crippen molar-refractivity contribution in [2.24, 2.45) is 0 Å². The van der Waals surface area contributed by atoms with Gasteiger partial charge in [0.15, 0.2) is 0 Å². The molecule has 1 saturated heterocycles. The normalized spacial score (nSPS) is 17.8. The molecule has 1 fully saturated rings. The highest BCUT2D eigenvalue weighted by Crippen LogP contribution is 2.28.